The highest BCUT2D eigenvalue weighted by Crippen LogP contribution is 2.25. The van der Waals surface area contributed by atoms with E-state index in [1.54, 1.807) is 12.1 Å². The first-order valence-corrected chi connectivity index (χ1v) is 12.0. The summed E-state index contributed by atoms with van der Waals surface area (Å²) < 4.78 is 8.30. The number of carbonyl (C=O) groups is 1. The van der Waals surface area contributed by atoms with Gasteiger partial charge in [-0.05, 0) is 67.3 Å². The number of halogens is 1. The number of para-hydroxylation sites is 3. The third-order valence-electron chi connectivity index (χ3n) is 6.28. The molecule has 0 atom stereocenters. The van der Waals surface area contributed by atoms with Gasteiger partial charge in [-0.15, -0.1) is 0 Å². The normalized spacial score (nSPS) is 14.3. The summed E-state index contributed by atoms with van der Waals surface area (Å²) in [5.74, 6) is 2.22. The van der Waals surface area contributed by atoms with E-state index in [0.29, 0.717) is 17.5 Å². The smallest absolute Gasteiger partial charge is 0.321 e. The minimum absolute atomic E-state index is 0.0641. The Morgan fingerprint density at radius 3 is 2.44 bits per heavy atom. The second-order valence-corrected chi connectivity index (χ2v) is 9.03. The van der Waals surface area contributed by atoms with Gasteiger partial charge < -0.3 is 19.5 Å². The van der Waals surface area contributed by atoms with Gasteiger partial charge in [0, 0.05) is 30.3 Å². The van der Waals surface area contributed by atoms with Crippen molar-refractivity contribution in [3.8, 4) is 5.75 Å². The number of benzene rings is 3. The van der Waals surface area contributed by atoms with E-state index in [4.69, 9.17) is 21.3 Å². The van der Waals surface area contributed by atoms with Crippen molar-refractivity contribution in [2.45, 2.75) is 26.0 Å². The number of anilines is 1. The van der Waals surface area contributed by atoms with E-state index in [9.17, 15) is 4.79 Å². The van der Waals surface area contributed by atoms with Crippen LogP contribution >= 0.6 is 11.6 Å². The lowest BCUT2D eigenvalue weighted by atomic mass is 9.96. The van der Waals surface area contributed by atoms with Gasteiger partial charge in [0.05, 0.1) is 11.0 Å². The second kappa shape index (κ2) is 10.2. The molecule has 0 bridgehead atoms. The number of piperidine rings is 1. The number of aromatic nitrogens is 2. The molecule has 1 aliphatic heterocycles. The Balaban J connectivity index is 1.23. The summed E-state index contributed by atoms with van der Waals surface area (Å²) in [5.41, 5.74) is 2.86. The third-order valence-corrected chi connectivity index (χ3v) is 6.53. The molecule has 0 aliphatic carbocycles. The van der Waals surface area contributed by atoms with Crippen molar-refractivity contribution in [2.24, 2.45) is 5.92 Å². The molecule has 174 valence electrons. The largest absolute Gasteiger partial charge is 0.486 e. The lowest BCUT2D eigenvalue weighted by Gasteiger charge is -2.32. The number of ether oxygens (including phenoxy) is 1. The summed E-state index contributed by atoms with van der Waals surface area (Å²) in [6.45, 7) is 2.74. The molecule has 1 fully saturated rings. The fourth-order valence-corrected chi connectivity index (χ4v) is 4.54. The Labute approximate surface area is 204 Å². The number of likely N-dealkylation sites (tertiary alicyclic amines) is 1. The maximum atomic E-state index is 12.7. The van der Waals surface area contributed by atoms with E-state index in [1.807, 2.05) is 65.6 Å². The number of nitrogens with one attached hydrogen (secondary N) is 1. The van der Waals surface area contributed by atoms with Gasteiger partial charge in [-0.2, -0.15) is 0 Å². The van der Waals surface area contributed by atoms with Crippen LogP contribution < -0.4 is 10.1 Å². The molecule has 0 unspecified atom stereocenters. The van der Waals surface area contributed by atoms with E-state index in [2.05, 4.69) is 16.0 Å². The predicted octanol–water partition coefficient (Wildman–Crippen LogP) is 6.21. The van der Waals surface area contributed by atoms with Gasteiger partial charge in [-0.1, -0.05) is 41.9 Å². The minimum Gasteiger partial charge on any atom is -0.486 e. The molecular formula is C27H27ClN4O2. The lowest BCUT2D eigenvalue weighted by molar-refractivity contribution is 0.176. The standard InChI is InChI=1S/C27H27ClN4O2/c28-21-10-12-22(13-11-21)29-27(33)31-16-14-20(15-17-31)18-32-25-9-5-4-8-24(25)30-26(32)19-34-23-6-2-1-3-7-23/h1-13,20H,14-19H2,(H,29,33). The van der Waals surface area contributed by atoms with Gasteiger partial charge in [-0.25, -0.2) is 9.78 Å². The summed E-state index contributed by atoms with van der Waals surface area (Å²) in [7, 11) is 0. The predicted molar refractivity (Wildman–Crippen MR) is 135 cm³/mol. The van der Waals surface area contributed by atoms with E-state index in [-0.39, 0.29) is 6.03 Å². The van der Waals surface area contributed by atoms with Crippen molar-refractivity contribution in [2.75, 3.05) is 18.4 Å². The molecule has 2 heterocycles. The van der Waals surface area contributed by atoms with Crippen LogP contribution in [0.25, 0.3) is 11.0 Å². The van der Waals surface area contributed by atoms with Crippen molar-refractivity contribution in [1.82, 2.24) is 14.5 Å². The first-order valence-electron chi connectivity index (χ1n) is 11.6. The van der Waals surface area contributed by atoms with Crippen LogP contribution in [0.1, 0.15) is 18.7 Å². The molecule has 34 heavy (non-hydrogen) atoms. The zero-order valence-corrected chi connectivity index (χ0v) is 19.6. The molecular weight excluding hydrogens is 448 g/mol. The highest BCUT2D eigenvalue weighted by Gasteiger charge is 2.24. The van der Waals surface area contributed by atoms with Gasteiger partial charge in [0.15, 0.2) is 0 Å². The summed E-state index contributed by atoms with van der Waals surface area (Å²) >= 11 is 5.93. The zero-order chi connectivity index (χ0) is 23.3. The maximum Gasteiger partial charge on any atom is 0.321 e. The van der Waals surface area contributed by atoms with Crippen LogP contribution in [-0.2, 0) is 13.2 Å². The van der Waals surface area contributed by atoms with Crippen LogP contribution in [0, 0.1) is 5.92 Å². The Hall–Kier alpha value is -3.51. The number of fused-ring (bicyclic) bond motifs is 1. The fraction of sp³-hybridized carbons (Fsp3) is 0.259. The number of urea groups is 1. The quantitative estimate of drug-likeness (QED) is 0.361. The highest BCUT2D eigenvalue weighted by molar-refractivity contribution is 6.30. The minimum atomic E-state index is -0.0641. The van der Waals surface area contributed by atoms with Gasteiger partial charge in [0.1, 0.15) is 18.2 Å². The molecule has 4 aromatic rings. The molecule has 3 aromatic carbocycles. The van der Waals surface area contributed by atoms with E-state index >= 15 is 0 Å². The number of hydrogen-bond acceptors (Lipinski definition) is 3. The van der Waals surface area contributed by atoms with Crippen molar-refractivity contribution in [3.63, 3.8) is 0 Å². The van der Waals surface area contributed by atoms with Crippen LogP contribution in [0.4, 0.5) is 10.5 Å². The summed E-state index contributed by atoms with van der Waals surface area (Å²) in [4.78, 5) is 19.4. The Kier molecular flexibility index (Phi) is 6.67. The second-order valence-electron chi connectivity index (χ2n) is 8.60. The van der Waals surface area contributed by atoms with E-state index < -0.39 is 0 Å². The van der Waals surface area contributed by atoms with Crippen LogP contribution in [0.5, 0.6) is 5.75 Å². The van der Waals surface area contributed by atoms with E-state index in [0.717, 1.165) is 60.8 Å². The van der Waals surface area contributed by atoms with Crippen molar-refractivity contribution in [1.29, 1.82) is 0 Å². The maximum absolute atomic E-state index is 12.7. The number of imidazole rings is 1. The average molecular weight is 475 g/mol. The first-order chi connectivity index (χ1) is 16.7. The molecule has 1 aromatic heterocycles. The monoisotopic (exact) mass is 474 g/mol. The van der Waals surface area contributed by atoms with E-state index in [1.165, 1.54) is 0 Å². The zero-order valence-electron chi connectivity index (χ0n) is 18.9. The van der Waals surface area contributed by atoms with Crippen molar-refractivity contribution < 1.29 is 9.53 Å². The molecule has 1 aliphatic rings. The lowest BCUT2D eigenvalue weighted by Crippen LogP contribution is -2.41. The molecule has 6 nitrogen and oxygen atoms in total. The molecule has 7 heteroatoms. The Morgan fingerprint density at radius 2 is 1.68 bits per heavy atom. The molecule has 1 saturated heterocycles. The van der Waals surface area contributed by atoms with Gasteiger partial charge in [0.2, 0.25) is 0 Å². The molecule has 0 spiro atoms. The molecule has 0 saturated carbocycles. The Bertz CT molecular complexity index is 1250. The van der Waals surface area contributed by atoms with Crippen molar-refractivity contribution in [3.05, 3.63) is 89.7 Å². The Morgan fingerprint density at radius 1 is 0.971 bits per heavy atom. The number of nitrogens with zero attached hydrogens (tertiary/aromatic N) is 3. The topological polar surface area (TPSA) is 59.4 Å². The third kappa shape index (κ3) is 5.18. The molecule has 5 rings (SSSR count). The average Bonchev–Trinajstić information content (AvgIpc) is 3.22. The fourth-order valence-electron chi connectivity index (χ4n) is 4.42. The summed E-state index contributed by atoms with van der Waals surface area (Å²) in [6, 6.07) is 25.2. The number of rotatable bonds is 6. The van der Waals surface area contributed by atoms with Crippen LogP contribution in [-0.4, -0.2) is 33.6 Å². The highest BCUT2D eigenvalue weighted by atomic mass is 35.5. The SMILES string of the molecule is O=C(Nc1ccc(Cl)cc1)N1CCC(Cn2c(COc3ccccc3)nc3ccccc32)CC1. The van der Waals surface area contributed by atoms with Gasteiger partial charge in [-0.3, -0.25) is 0 Å². The van der Waals surface area contributed by atoms with Gasteiger partial charge >= 0.3 is 6.03 Å². The molecule has 2 amide bonds. The number of carbonyl (C=O) groups excluding carboxylic acids is 1. The van der Waals surface area contributed by atoms with Crippen LogP contribution in [0.15, 0.2) is 78.9 Å². The van der Waals surface area contributed by atoms with Crippen molar-refractivity contribution >= 4 is 34.4 Å². The molecule has 0 radical (unpaired) electrons. The summed E-state index contributed by atoms with van der Waals surface area (Å²) in [6.07, 6.45) is 1.89. The number of amides is 2. The molecule has 1 N–H and O–H groups in total. The first kappa shape index (κ1) is 22.3. The van der Waals surface area contributed by atoms with Gasteiger partial charge in [0.25, 0.3) is 0 Å². The summed E-state index contributed by atoms with van der Waals surface area (Å²) in [5, 5.41) is 3.61. The number of hydrogen-bond donors (Lipinski definition) is 1. The van der Waals surface area contributed by atoms with Crippen LogP contribution in [0.2, 0.25) is 5.02 Å². The van der Waals surface area contributed by atoms with Crippen LogP contribution in [0.3, 0.4) is 0 Å².